The standard InChI is InChI=1S/C31H28Cl2N6O2/c32-25-10-4-8-22-9-5-11-27(28(22)25)37-15-13-24-26(19-37)35-30(33)36-29(24)38-16-17-39(23(18-38)12-14-34)31(40)41-20-21-6-2-1-3-7-21/h1-11,23H,12-13,15-20H2. The molecule has 2 aliphatic rings. The number of ether oxygens (including phenoxy) is 1. The van der Waals surface area contributed by atoms with Crippen LogP contribution in [0.25, 0.3) is 10.8 Å². The van der Waals surface area contributed by atoms with Crippen LogP contribution in [0.3, 0.4) is 0 Å². The lowest BCUT2D eigenvalue weighted by molar-refractivity contribution is 0.0768. The van der Waals surface area contributed by atoms with Crippen molar-refractivity contribution in [3.8, 4) is 6.07 Å². The number of carbonyl (C=O) groups excluding carboxylic acids is 1. The number of nitrogens with zero attached hydrogens (tertiary/aromatic N) is 6. The van der Waals surface area contributed by atoms with Crippen molar-refractivity contribution in [1.82, 2.24) is 14.9 Å². The predicted molar refractivity (Wildman–Crippen MR) is 160 cm³/mol. The molecule has 2 aliphatic heterocycles. The van der Waals surface area contributed by atoms with Crippen molar-refractivity contribution in [1.29, 1.82) is 5.26 Å². The summed E-state index contributed by atoms with van der Waals surface area (Å²) in [4.78, 5) is 28.3. The summed E-state index contributed by atoms with van der Waals surface area (Å²) >= 11 is 13.1. The van der Waals surface area contributed by atoms with Gasteiger partial charge in [0.05, 0.1) is 35.8 Å². The highest BCUT2D eigenvalue weighted by molar-refractivity contribution is 6.36. The Labute approximate surface area is 248 Å². The zero-order chi connectivity index (χ0) is 28.3. The zero-order valence-electron chi connectivity index (χ0n) is 22.3. The molecule has 0 saturated carbocycles. The van der Waals surface area contributed by atoms with Crippen molar-refractivity contribution in [2.45, 2.75) is 32.0 Å². The van der Waals surface area contributed by atoms with Crippen LogP contribution < -0.4 is 9.80 Å². The first-order valence-corrected chi connectivity index (χ1v) is 14.3. The van der Waals surface area contributed by atoms with Crippen LogP contribution in [0.2, 0.25) is 10.3 Å². The average molecular weight is 588 g/mol. The van der Waals surface area contributed by atoms with Crippen molar-refractivity contribution in [2.24, 2.45) is 0 Å². The van der Waals surface area contributed by atoms with Gasteiger partial charge in [-0.2, -0.15) is 5.26 Å². The topological polar surface area (TPSA) is 85.6 Å². The first kappa shape index (κ1) is 27.1. The molecule has 3 heterocycles. The summed E-state index contributed by atoms with van der Waals surface area (Å²) in [6.45, 7) is 2.94. The number of fused-ring (bicyclic) bond motifs is 2. The second-order valence-corrected chi connectivity index (χ2v) is 11.0. The second-order valence-electron chi connectivity index (χ2n) is 10.2. The monoisotopic (exact) mass is 586 g/mol. The minimum Gasteiger partial charge on any atom is -0.445 e. The number of carbonyl (C=O) groups is 1. The summed E-state index contributed by atoms with van der Waals surface area (Å²) in [5.74, 6) is 0.774. The Bertz CT molecular complexity index is 1620. The van der Waals surface area contributed by atoms with E-state index in [0.717, 1.165) is 52.1 Å². The lowest BCUT2D eigenvalue weighted by Crippen LogP contribution is -2.55. The highest BCUT2D eigenvalue weighted by atomic mass is 35.5. The molecule has 1 fully saturated rings. The molecule has 4 aromatic rings. The van der Waals surface area contributed by atoms with E-state index in [9.17, 15) is 10.1 Å². The number of aromatic nitrogens is 2. The largest absolute Gasteiger partial charge is 0.445 e. The smallest absolute Gasteiger partial charge is 0.410 e. The van der Waals surface area contributed by atoms with Gasteiger partial charge < -0.3 is 19.4 Å². The SMILES string of the molecule is N#CCC1CN(c2nc(Cl)nc3c2CCN(c2cccc4cccc(Cl)c24)C3)CCN1C(=O)OCc1ccccc1. The fraction of sp³-hybridized carbons (Fsp3) is 0.290. The molecule has 0 bridgehead atoms. The van der Waals surface area contributed by atoms with E-state index in [2.05, 4.69) is 44.0 Å². The van der Waals surface area contributed by atoms with E-state index < -0.39 is 6.09 Å². The number of benzene rings is 3. The third-order valence-electron chi connectivity index (χ3n) is 7.74. The van der Waals surface area contributed by atoms with Crippen molar-refractivity contribution >= 4 is 51.6 Å². The number of halogens is 2. The van der Waals surface area contributed by atoms with Gasteiger partial charge in [0.1, 0.15) is 12.4 Å². The zero-order valence-corrected chi connectivity index (χ0v) is 23.9. The van der Waals surface area contributed by atoms with Crippen LogP contribution in [0.5, 0.6) is 0 Å². The minimum atomic E-state index is -0.416. The Kier molecular flexibility index (Phi) is 7.82. The first-order chi connectivity index (χ1) is 20.0. The lowest BCUT2D eigenvalue weighted by atomic mass is 10.0. The summed E-state index contributed by atoms with van der Waals surface area (Å²) in [5.41, 5.74) is 3.90. The molecule has 1 aromatic heterocycles. The van der Waals surface area contributed by atoms with Gasteiger partial charge in [0.25, 0.3) is 0 Å². The Balaban J connectivity index is 1.22. The fourth-order valence-electron chi connectivity index (χ4n) is 5.76. The summed E-state index contributed by atoms with van der Waals surface area (Å²) < 4.78 is 5.58. The number of hydrogen-bond donors (Lipinski definition) is 0. The molecule has 1 unspecified atom stereocenters. The van der Waals surface area contributed by atoms with E-state index in [-0.39, 0.29) is 24.4 Å². The molecule has 1 saturated heterocycles. The molecular weight excluding hydrogens is 559 g/mol. The molecule has 8 nitrogen and oxygen atoms in total. The van der Waals surface area contributed by atoms with E-state index in [0.29, 0.717) is 31.2 Å². The third kappa shape index (κ3) is 5.61. The van der Waals surface area contributed by atoms with Gasteiger partial charge in [0, 0.05) is 42.8 Å². The van der Waals surface area contributed by atoms with Crippen LogP contribution in [0.4, 0.5) is 16.3 Å². The summed E-state index contributed by atoms with van der Waals surface area (Å²) in [7, 11) is 0. The van der Waals surface area contributed by atoms with Gasteiger partial charge in [-0.1, -0.05) is 66.2 Å². The first-order valence-electron chi connectivity index (χ1n) is 13.6. The third-order valence-corrected chi connectivity index (χ3v) is 8.22. The van der Waals surface area contributed by atoms with Gasteiger partial charge in [0.2, 0.25) is 5.28 Å². The maximum atomic E-state index is 13.0. The molecular formula is C31H28Cl2N6O2. The van der Waals surface area contributed by atoms with Gasteiger partial charge in [0.15, 0.2) is 0 Å². The summed E-state index contributed by atoms with van der Waals surface area (Å²) in [6.07, 6.45) is 0.499. The van der Waals surface area contributed by atoms with Gasteiger partial charge in [-0.25, -0.2) is 14.8 Å². The Morgan fingerprint density at radius 3 is 2.59 bits per heavy atom. The molecule has 0 aliphatic carbocycles. The van der Waals surface area contributed by atoms with E-state index in [1.54, 1.807) is 4.90 Å². The normalized spacial score (nSPS) is 16.8. The molecule has 0 radical (unpaired) electrons. The molecule has 6 rings (SSSR count). The highest BCUT2D eigenvalue weighted by Gasteiger charge is 2.34. The number of rotatable bonds is 5. The number of piperazine rings is 1. The maximum Gasteiger partial charge on any atom is 0.410 e. The summed E-state index contributed by atoms with van der Waals surface area (Å²) in [5, 5.41) is 12.5. The molecule has 0 spiro atoms. The molecule has 3 aromatic carbocycles. The van der Waals surface area contributed by atoms with Crippen molar-refractivity contribution < 1.29 is 9.53 Å². The number of amides is 1. The van der Waals surface area contributed by atoms with E-state index >= 15 is 0 Å². The van der Waals surface area contributed by atoms with Crippen molar-refractivity contribution in [2.75, 3.05) is 36.0 Å². The quantitative estimate of drug-likeness (QED) is 0.256. The van der Waals surface area contributed by atoms with Crippen LogP contribution >= 0.6 is 23.2 Å². The van der Waals surface area contributed by atoms with E-state index in [1.807, 2.05) is 48.5 Å². The van der Waals surface area contributed by atoms with Gasteiger partial charge >= 0.3 is 6.09 Å². The summed E-state index contributed by atoms with van der Waals surface area (Å²) in [6, 6.07) is 23.6. The van der Waals surface area contributed by atoms with Crippen LogP contribution in [0.15, 0.2) is 66.7 Å². The van der Waals surface area contributed by atoms with Crippen LogP contribution in [-0.2, 0) is 24.3 Å². The van der Waals surface area contributed by atoms with Crippen molar-refractivity contribution in [3.05, 3.63) is 93.9 Å². The molecule has 1 amide bonds. The van der Waals surface area contributed by atoms with Crippen molar-refractivity contribution in [3.63, 3.8) is 0 Å². The Morgan fingerprint density at radius 1 is 0.976 bits per heavy atom. The molecule has 208 valence electrons. The Morgan fingerprint density at radius 2 is 1.78 bits per heavy atom. The molecule has 0 N–H and O–H groups in total. The van der Waals surface area contributed by atoms with Gasteiger partial charge in [-0.15, -0.1) is 0 Å². The highest BCUT2D eigenvalue weighted by Crippen LogP contribution is 2.37. The Hall–Kier alpha value is -4.06. The number of nitriles is 1. The second kappa shape index (κ2) is 11.8. The maximum absolute atomic E-state index is 13.0. The van der Waals surface area contributed by atoms with E-state index in [1.165, 1.54) is 0 Å². The number of anilines is 2. The lowest BCUT2D eigenvalue weighted by Gasteiger charge is -2.41. The van der Waals surface area contributed by atoms with E-state index in [4.69, 9.17) is 27.9 Å². The average Bonchev–Trinajstić information content (AvgIpc) is 2.99. The number of hydrogen-bond acceptors (Lipinski definition) is 7. The molecule has 10 heteroatoms. The minimum absolute atomic E-state index is 0.179. The van der Waals surface area contributed by atoms with Crippen LogP contribution in [0.1, 0.15) is 23.2 Å². The van der Waals surface area contributed by atoms with Crippen LogP contribution in [0, 0.1) is 11.3 Å². The fourth-order valence-corrected chi connectivity index (χ4v) is 6.22. The van der Waals surface area contributed by atoms with Crippen LogP contribution in [-0.4, -0.2) is 53.2 Å². The van der Waals surface area contributed by atoms with Gasteiger partial charge in [-0.3, -0.25) is 0 Å². The molecule has 41 heavy (non-hydrogen) atoms. The molecule has 1 atom stereocenters. The predicted octanol–water partition coefficient (Wildman–Crippen LogP) is 6.24. The van der Waals surface area contributed by atoms with Gasteiger partial charge in [-0.05, 0) is 41.1 Å².